The van der Waals surface area contributed by atoms with E-state index in [1.807, 2.05) is 25.1 Å². The summed E-state index contributed by atoms with van der Waals surface area (Å²) in [5, 5.41) is 8.51. The summed E-state index contributed by atoms with van der Waals surface area (Å²) < 4.78 is 5.76. The van der Waals surface area contributed by atoms with E-state index in [0.717, 1.165) is 23.2 Å². The van der Waals surface area contributed by atoms with Crippen molar-refractivity contribution in [2.45, 2.75) is 46.1 Å². The summed E-state index contributed by atoms with van der Waals surface area (Å²) in [5.74, 6) is 0.687. The molecule has 0 fully saturated rings. The Bertz CT molecular complexity index is 1100. The van der Waals surface area contributed by atoms with Crippen LogP contribution in [0.15, 0.2) is 24.3 Å². The van der Waals surface area contributed by atoms with Gasteiger partial charge >= 0.3 is 0 Å². The molecule has 0 atom stereocenters. The lowest BCUT2D eigenvalue weighted by atomic mass is 9.84. The molecule has 162 valence electrons. The molecule has 2 aliphatic heterocycles. The van der Waals surface area contributed by atoms with Gasteiger partial charge < -0.3 is 14.5 Å². The highest BCUT2D eigenvalue weighted by Crippen LogP contribution is 2.42. The summed E-state index contributed by atoms with van der Waals surface area (Å²) in [5.41, 5.74) is 4.32. The number of likely N-dealkylation sites (N-methyl/N-ethyl adjacent to an activating group) is 1. The maximum atomic E-state index is 13.3. The number of hydrogen-bond donors (Lipinski definition) is 1. The fraction of sp³-hybridized carbons (Fsp3) is 0.417. The number of nitrogens with zero attached hydrogens (tertiary/aromatic N) is 3. The van der Waals surface area contributed by atoms with E-state index in [4.69, 9.17) is 10.1 Å². The number of rotatable bonds is 4. The van der Waals surface area contributed by atoms with E-state index in [1.165, 1.54) is 0 Å². The van der Waals surface area contributed by atoms with Crippen LogP contribution in [0.5, 0.6) is 5.75 Å². The quantitative estimate of drug-likeness (QED) is 0.767. The molecule has 1 aromatic carbocycles. The number of carbonyl (C=O) groups excluding carboxylic acids is 2. The van der Waals surface area contributed by atoms with E-state index in [-0.39, 0.29) is 36.1 Å². The van der Waals surface area contributed by atoms with Gasteiger partial charge in [0.05, 0.1) is 12.2 Å². The summed E-state index contributed by atoms with van der Waals surface area (Å²) >= 11 is 0. The molecule has 0 saturated carbocycles. The summed E-state index contributed by atoms with van der Waals surface area (Å²) in [4.78, 5) is 33.3. The van der Waals surface area contributed by atoms with Crippen molar-refractivity contribution in [2.24, 2.45) is 0 Å². The highest BCUT2D eigenvalue weighted by molar-refractivity contribution is 6.06. The zero-order chi connectivity index (χ0) is 22.5. The fourth-order valence-corrected chi connectivity index (χ4v) is 3.99. The van der Waals surface area contributed by atoms with Crippen molar-refractivity contribution in [1.29, 1.82) is 5.41 Å². The number of aromatic nitrogens is 1. The number of Topliss-reactive ketones (excluding diaryl/α,β-unsaturated/α-hetero) is 1. The van der Waals surface area contributed by atoms with Crippen molar-refractivity contribution >= 4 is 23.2 Å². The van der Waals surface area contributed by atoms with Crippen LogP contribution in [-0.2, 0) is 23.2 Å². The molecule has 2 aromatic rings. The van der Waals surface area contributed by atoms with E-state index in [2.05, 4.69) is 25.8 Å². The number of anilines is 1. The highest BCUT2D eigenvalue weighted by Gasteiger charge is 2.32. The van der Waals surface area contributed by atoms with Gasteiger partial charge in [0.1, 0.15) is 17.3 Å². The average Bonchev–Trinajstić information content (AvgIpc) is 3.04. The van der Waals surface area contributed by atoms with E-state index < -0.39 is 0 Å². The predicted molar refractivity (Wildman–Crippen MR) is 119 cm³/mol. The Morgan fingerprint density at radius 2 is 2.00 bits per heavy atom. The van der Waals surface area contributed by atoms with Gasteiger partial charge in [-0.3, -0.25) is 15.0 Å². The van der Waals surface area contributed by atoms with Crippen LogP contribution >= 0.6 is 0 Å². The first-order valence-electron chi connectivity index (χ1n) is 10.5. The molecule has 0 spiro atoms. The lowest BCUT2D eigenvalue weighted by molar-refractivity contribution is -0.121. The molecular formula is C24H28N4O3. The van der Waals surface area contributed by atoms with Gasteiger partial charge in [-0.1, -0.05) is 33.8 Å². The molecule has 4 rings (SSSR count). The van der Waals surface area contributed by atoms with Gasteiger partial charge in [-0.05, 0) is 30.0 Å². The monoisotopic (exact) mass is 420 g/mol. The molecule has 3 heterocycles. The Balaban J connectivity index is 1.65. The van der Waals surface area contributed by atoms with Gasteiger partial charge in [-0.25, -0.2) is 4.98 Å². The maximum Gasteiger partial charge on any atom is 0.264 e. The maximum absolute atomic E-state index is 13.3. The Morgan fingerprint density at radius 3 is 2.68 bits per heavy atom. The molecule has 1 amide bonds. The number of nitrogens with one attached hydrogen (secondary N) is 1. The van der Waals surface area contributed by atoms with Crippen molar-refractivity contribution in [2.75, 3.05) is 25.1 Å². The second-order valence-electron chi connectivity index (χ2n) is 9.16. The molecule has 0 radical (unpaired) electrons. The fourth-order valence-electron chi connectivity index (χ4n) is 3.99. The largest absolute Gasteiger partial charge is 0.481 e. The van der Waals surface area contributed by atoms with E-state index in [1.54, 1.807) is 22.9 Å². The molecule has 7 heteroatoms. The molecule has 0 bridgehead atoms. The third-order valence-corrected chi connectivity index (χ3v) is 5.91. The molecule has 1 N–H and O–H groups in total. The number of ether oxygens (including phenoxy) is 1. The normalized spacial score (nSPS) is 15.6. The van der Waals surface area contributed by atoms with Crippen LogP contribution in [0.1, 0.15) is 60.6 Å². The van der Waals surface area contributed by atoms with E-state index in [0.29, 0.717) is 29.2 Å². The SMILES string of the molecule is CCc1ccc2c(n1)C(=N)N(CC(=O)c1cc3c(c(C(C)(C)C)c1)OCC(=O)N3C)C2. The smallest absolute Gasteiger partial charge is 0.264 e. The third-order valence-electron chi connectivity index (χ3n) is 5.91. The Kier molecular flexibility index (Phi) is 5.07. The van der Waals surface area contributed by atoms with Crippen molar-refractivity contribution in [3.05, 3.63) is 52.3 Å². The number of aryl methyl sites for hydroxylation is 1. The number of amidine groups is 1. The zero-order valence-electron chi connectivity index (χ0n) is 18.7. The van der Waals surface area contributed by atoms with Crippen molar-refractivity contribution in [3.8, 4) is 5.75 Å². The standard InChI is InChI=1S/C24H28N4O3/c1-6-16-8-7-14-11-28(23(25)21(14)26-16)12-19(29)15-9-17(24(2,3)4)22-18(10-15)27(5)20(30)13-31-22/h7-10,25H,6,11-13H2,1-5H3. The number of carbonyl (C=O) groups is 2. The number of ketones is 1. The van der Waals surface area contributed by atoms with Gasteiger partial charge in [0.25, 0.3) is 5.91 Å². The first-order valence-corrected chi connectivity index (χ1v) is 10.5. The van der Waals surface area contributed by atoms with E-state index in [9.17, 15) is 9.59 Å². The van der Waals surface area contributed by atoms with Crippen LogP contribution in [0.2, 0.25) is 0 Å². The van der Waals surface area contributed by atoms with Crippen molar-refractivity contribution < 1.29 is 14.3 Å². The minimum atomic E-state index is -0.265. The van der Waals surface area contributed by atoms with Crippen LogP contribution in [0, 0.1) is 5.41 Å². The second-order valence-corrected chi connectivity index (χ2v) is 9.16. The molecular weight excluding hydrogens is 392 g/mol. The average molecular weight is 421 g/mol. The summed E-state index contributed by atoms with van der Waals surface area (Å²) in [7, 11) is 1.70. The summed E-state index contributed by atoms with van der Waals surface area (Å²) in [6, 6.07) is 7.56. The van der Waals surface area contributed by atoms with Gasteiger partial charge in [0.15, 0.2) is 12.4 Å². The molecule has 0 unspecified atom stereocenters. The topological polar surface area (TPSA) is 86.6 Å². The summed E-state index contributed by atoms with van der Waals surface area (Å²) in [6.07, 6.45) is 0.804. The number of amides is 1. The number of fused-ring (bicyclic) bond motifs is 2. The number of hydrogen-bond acceptors (Lipinski definition) is 5. The van der Waals surface area contributed by atoms with Crippen LogP contribution in [0.4, 0.5) is 5.69 Å². The second kappa shape index (κ2) is 7.48. The van der Waals surface area contributed by atoms with Crippen molar-refractivity contribution in [1.82, 2.24) is 9.88 Å². The van der Waals surface area contributed by atoms with Gasteiger partial charge in [0, 0.05) is 36.0 Å². The van der Waals surface area contributed by atoms with E-state index >= 15 is 0 Å². The lowest BCUT2D eigenvalue weighted by Crippen LogP contribution is -2.37. The third kappa shape index (κ3) is 3.69. The van der Waals surface area contributed by atoms with Crippen LogP contribution in [0.25, 0.3) is 0 Å². The van der Waals surface area contributed by atoms with Crippen LogP contribution in [0.3, 0.4) is 0 Å². The zero-order valence-corrected chi connectivity index (χ0v) is 18.7. The van der Waals surface area contributed by atoms with Gasteiger partial charge in [-0.2, -0.15) is 0 Å². The summed E-state index contributed by atoms with van der Waals surface area (Å²) in [6.45, 7) is 8.77. The molecule has 7 nitrogen and oxygen atoms in total. The molecule has 0 aliphatic carbocycles. The molecule has 31 heavy (non-hydrogen) atoms. The molecule has 1 aromatic heterocycles. The number of benzene rings is 1. The number of pyridine rings is 1. The van der Waals surface area contributed by atoms with Crippen LogP contribution < -0.4 is 9.64 Å². The lowest BCUT2D eigenvalue weighted by Gasteiger charge is -2.32. The van der Waals surface area contributed by atoms with Gasteiger partial charge in [0.2, 0.25) is 0 Å². The highest BCUT2D eigenvalue weighted by atomic mass is 16.5. The Hall–Kier alpha value is -3.22. The minimum Gasteiger partial charge on any atom is -0.481 e. The first kappa shape index (κ1) is 21.0. The van der Waals surface area contributed by atoms with Gasteiger partial charge in [-0.15, -0.1) is 0 Å². The molecule has 2 aliphatic rings. The first-order chi connectivity index (χ1) is 14.6. The Labute approximate surface area is 182 Å². The Morgan fingerprint density at radius 1 is 1.26 bits per heavy atom. The molecule has 0 saturated heterocycles. The predicted octanol–water partition coefficient (Wildman–Crippen LogP) is 3.32. The van der Waals surface area contributed by atoms with Crippen molar-refractivity contribution in [3.63, 3.8) is 0 Å². The minimum absolute atomic E-state index is 0.00415. The van der Waals surface area contributed by atoms with Crippen LogP contribution in [-0.4, -0.2) is 47.6 Å².